The van der Waals surface area contributed by atoms with E-state index in [-0.39, 0.29) is 0 Å². The van der Waals surface area contributed by atoms with E-state index in [9.17, 15) is 9.59 Å². The Bertz CT molecular complexity index is 196. The molecule has 0 amide bonds. The number of carbonyl (C=O) groups is 2. The second-order valence-corrected chi connectivity index (χ2v) is 3.46. The van der Waals surface area contributed by atoms with Gasteiger partial charge in [0.1, 0.15) is 7.16 Å². The zero-order valence-corrected chi connectivity index (χ0v) is 8.30. The fourth-order valence-corrected chi connectivity index (χ4v) is 1.01. The van der Waals surface area contributed by atoms with Gasteiger partial charge < -0.3 is 4.74 Å². The van der Waals surface area contributed by atoms with Gasteiger partial charge in [-0.15, -0.1) is 0 Å². The van der Waals surface area contributed by atoms with Gasteiger partial charge in [0.25, 0.3) is 0 Å². The van der Waals surface area contributed by atoms with Crippen LogP contribution < -0.4 is 0 Å². The van der Waals surface area contributed by atoms with Gasteiger partial charge in [0.15, 0.2) is 0 Å². The smallest absolute Gasteiger partial charge is 0.353 e. The van der Waals surface area contributed by atoms with E-state index in [1.165, 1.54) is 0 Å². The highest BCUT2D eigenvalue weighted by Gasteiger charge is 2.28. The molecule has 1 aliphatic rings. The Morgan fingerprint density at radius 2 is 1.33 bits per heavy atom. The van der Waals surface area contributed by atoms with Gasteiger partial charge in [0.05, 0.1) is 0 Å². The van der Waals surface area contributed by atoms with Crippen molar-refractivity contribution < 1.29 is 14.3 Å². The molecule has 48 valence electrons. The number of carbonyl (C=O) groups excluding carboxylic acids is 2. The number of hydrogen-bond donors (Lipinski definition) is 0. The highest BCUT2D eigenvalue weighted by molar-refractivity contribution is 14.1. The molecule has 0 fully saturated rings. The molecule has 1 rings (SSSR count). The third kappa shape index (κ3) is 1.26. The van der Waals surface area contributed by atoms with E-state index in [1.54, 1.807) is 45.2 Å². The fourth-order valence-electron chi connectivity index (χ4n) is 0.353. The molecular weight excluding hydrogens is 350 g/mol. The predicted molar refractivity (Wildman–Crippen MR) is 46.2 cm³/mol. The first kappa shape index (κ1) is 7.45. The van der Waals surface area contributed by atoms with Crippen LogP contribution in [0.1, 0.15) is 0 Å². The van der Waals surface area contributed by atoms with Crippen molar-refractivity contribution in [1.82, 2.24) is 0 Å². The fraction of sp³-hybridized carbons (Fsp3) is 0. The Morgan fingerprint density at radius 1 is 1.00 bits per heavy atom. The zero-order valence-electron chi connectivity index (χ0n) is 3.98. The van der Waals surface area contributed by atoms with Crippen molar-refractivity contribution >= 4 is 57.1 Å². The molecular formula is C4I2O3. The Hall–Kier alpha value is 0.340. The zero-order chi connectivity index (χ0) is 7.02. The number of ether oxygens (including phenoxy) is 1. The summed E-state index contributed by atoms with van der Waals surface area (Å²) in [6.45, 7) is 0. The lowest BCUT2D eigenvalue weighted by atomic mass is 10.6. The summed E-state index contributed by atoms with van der Waals surface area (Å²) in [5, 5.41) is 0. The molecule has 5 heteroatoms. The molecule has 0 saturated carbocycles. The van der Waals surface area contributed by atoms with Crippen LogP contribution in [0.4, 0.5) is 0 Å². The second kappa shape index (κ2) is 2.52. The summed E-state index contributed by atoms with van der Waals surface area (Å²) >= 11 is 3.55. The molecule has 0 aromatic heterocycles. The largest absolute Gasteiger partial charge is 0.385 e. The highest BCUT2D eigenvalue weighted by Crippen LogP contribution is 2.27. The monoisotopic (exact) mass is 350 g/mol. The maximum atomic E-state index is 10.5. The van der Waals surface area contributed by atoms with Gasteiger partial charge in [0.2, 0.25) is 0 Å². The molecule has 0 bridgehead atoms. The molecule has 0 radical (unpaired) electrons. The lowest BCUT2D eigenvalue weighted by Crippen LogP contribution is -1.99. The van der Waals surface area contributed by atoms with E-state index in [0.717, 1.165) is 0 Å². The first-order chi connectivity index (χ1) is 4.13. The van der Waals surface area contributed by atoms with Gasteiger partial charge >= 0.3 is 11.9 Å². The van der Waals surface area contributed by atoms with Crippen molar-refractivity contribution in [2.45, 2.75) is 0 Å². The van der Waals surface area contributed by atoms with Crippen molar-refractivity contribution in [2.24, 2.45) is 0 Å². The van der Waals surface area contributed by atoms with E-state index in [0.29, 0.717) is 7.16 Å². The molecule has 0 spiro atoms. The number of cyclic esters (lactones) is 2. The standard InChI is InChI=1S/C4I2O3/c5-1-2(6)4(8)9-3(1)7. The molecule has 9 heavy (non-hydrogen) atoms. The molecule has 0 N–H and O–H groups in total. The normalized spacial score (nSPS) is 18.9. The van der Waals surface area contributed by atoms with Gasteiger partial charge in [-0.1, -0.05) is 0 Å². The Kier molecular flexibility index (Phi) is 2.09. The van der Waals surface area contributed by atoms with Crippen LogP contribution in [0.2, 0.25) is 0 Å². The second-order valence-electron chi connectivity index (χ2n) is 1.30. The van der Waals surface area contributed by atoms with Crippen LogP contribution >= 0.6 is 45.2 Å². The highest BCUT2D eigenvalue weighted by atomic mass is 127. The quantitative estimate of drug-likeness (QED) is 0.374. The summed E-state index contributed by atoms with van der Waals surface area (Å²) in [5.41, 5.74) is 0. The van der Waals surface area contributed by atoms with Crippen LogP contribution in [0.3, 0.4) is 0 Å². The third-order valence-electron chi connectivity index (χ3n) is 0.737. The lowest BCUT2D eigenvalue weighted by Gasteiger charge is -1.83. The number of hydrogen-bond acceptors (Lipinski definition) is 3. The van der Waals surface area contributed by atoms with Crippen LogP contribution in [0, 0.1) is 0 Å². The van der Waals surface area contributed by atoms with Crippen molar-refractivity contribution in [3.8, 4) is 0 Å². The van der Waals surface area contributed by atoms with Crippen molar-refractivity contribution in [2.75, 3.05) is 0 Å². The number of halogens is 2. The predicted octanol–water partition coefficient (Wildman–Crippen LogP) is 1.15. The first-order valence-corrected chi connectivity index (χ1v) is 4.10. The molecule has 3 nitrogen and oxygen atoms in total. The Morgan fingerprint density at radius 3 is 1.44 bits per heavy atom. The summed E-state index contributed by atoms with van der Waals surface area (Å²) < 4.78 is 4.97. The molecule has 0 saturated heterocycles. The number of rotatable bonds is 0. The number of esters is 2. The summed E-state index contributed by atoms with van der Waals surface area (Å²) in [4.78, 5) is 21.0. The van der Waals surface area contributed by atoms with E-state index < -0.39 is 11.9 Å². The molecule has 0 aromatic rings. The molecule has 0 unspecified atom stereocenters. The average Bonchev–Trinajstić information content (AvgIpc) is 1.98. The van der Waals surface area contributed by atoms with Crippen LogP contribution in [0.25, 0.3) is 0 Å². The third-order valence-corrected chi connectivity index (χ3v) is 3.73. The summed E-state index contributed by atoms with van der Waals surface area (Å²) in [6, 6.07) is 0. The average molecular weight is 350 g/mol. The summed E-state index contributed by atoms with van der Waals surface area (Å²) in [5.74, 6) is -1.07. The molecule has 0 aliphatic carbocycles. The van der Waals surface area contributed by atoms with Crippen LogP contribution in [-0.2, 0) is 14.3 Å². The molecule has 0 atom stereocenters. The Balaban J connectivity index is 3.06. The van der Waals surface area contributed by atoms with Crippen molar-refractivity contribution in [3.05, 3.63) is 7.16 Å². The summed E-state index contributed by atoms with van der Waals surface area (Å²) in [7, 11) is 0. The van der Waals surface area contributed by atoms with E-state index in [4.69, 9.17) is 0 Å². The minimum atomic E-state index is -0.537. The van der Waals surface area contributed by atoms with Crippen LogP contribution in [0.5, 0.6) is 0 Å². The van der Waals surface area contributed by atoms with E-state index in [2.05, 4.69) is 4.74 Å². The minimum Gasteiger partial charge on any atom is -0.385 e. The van der Waals surface area contributed by atoms with E-state index in [1.807, 2.05) is 0 Å². The minimum absolute atomic E-state index is 0.373. The Labute approximate surface area is 78.1 Å². The topological polar surface area (TPSA) is 43.4 Å². The van der Waals surface area contributed by atoms with Crippen molar-refractivity contribution in [3.63, 3.8) is 0 Å². The van der Waals surface area contributed by atoms with Gasteiger partial charge in [-0.05, 0) is 45.2 Å². The van der Waals surface area contributed by atoms with Gasteiger partial charge in [-0.25, -0.2) is 9.59 Å². The van der Waals surface area contributed by atoms with Crippen LogP contribution in [0.15, 0.2) is 7.16 Å². The molecule has 1 heterocycles. The first-order valence-electron chi connectivity index (χ1n) is 1.94. The maximum Gasteiger partial charge on any atom is 0.353 e. The maximum absolute atomic E-state index is 10.5. The van der Waals surface area contributed by atoms with Gasteiger partial charge in [-0.3, -0.25) is 0 Å². The van der Waals surface area contributed by atoms with E-state index >= 15 is 0 Å². The summed E-state index contributed by atoms with van der Waals surface area (Å²) in [6.07, 6.45) is 0. The SMILES string of the molecule is O=C1OC(=O)C(I)=C1I. The van der Waals surface area contributed by atoms with Gasteiger partial charge in [0, 0.05) is 0 Å². The van der Waals surface area contributed by atoms with Crippen molar-refractivity contribution in [1.29, 1.82) is 0 Å². The molecule has 0 aromatic carbocycles. The van der Waals surface area contributed by atoms with Crippen LogP contribution in [-0.4, -0.2) is 11.9 Å². The van der Waals surface area contributed by atoms with Gasteiger partial charge in [-0.2, -0.15) is 0 Å². The lowest BCUT2D eigenvalue weighted by molar-refractivity contribution is -0.150. The molecule has 1 aliphatic heterocycles.